The molecular weight excluding hydrogens is 271 g/mol. The van der Waals surface area contributed by atoms with Gasteiger partial charge in [0.25, 0.3) is 5.91 Å². The third-order valence-electron chi connectivity index (χ3n) is 2.36. The summed E-state index contributed by atoms with van der Waals surface area (Å²) in [5.74, 6) is 0.601. The number of nitrogens with zero attached hydrogens (tertiary/aromatic N) is 1. The number of nitro benzene ring substituents is 1. The number of nitrogens with one attached hydrogen (secondary N) is 1. The fraction of sp³-hybridized carbons (Fsp3) is 0.417. The zero-order chi connectivity index (χ0) is 14.3. The molecule has 1 aromatic rings. The Bertz CT molecular complexity index is 468. The summed E-state index contributed by atoms with van der Waals surface area (Å²) in [5.41, 5.74) is -0.592. The lowest BCUT2D eigenvalue weighted by Gasteiger charge is -2.05. The summed E-state index contributed by atoms with van der Waals surface area (Å²) in [6, 6.07) is 3.11. The van der Waals surface area contributed by atoms with Gasteiger partial charge in [-0.05, 0) is 30.1 Å². The Morgan fingerprint density at radius 1 is 1.53 bits per heavy atom. The van der Waals surface area contributed by atoms with Crippen molar-refractivity contribution in [1.29, 1.82) is 0 Å². The Labute approximate surface area is 114 Å². The van der Waals surface area contributed by atoms with Crippen LogP contribution in [0.2, 0.25) is 0 Å². The van der Waals surface area contributed by atoms with E-state index in [1.807, 2.05) is 0 Å². The van der Waals surface area contributed by atoms with E-state index in [0.29, 0.717) is 6.54 Å². The number of hydrogen-bond acceptors (Lipinski definition) is 4. The van der Waals surface area contributed by atoms with Crippen LogP contribution in [0, 0.1) is 15.9 Å². The van der Waals surface area contributed by atoms with Crippen LogP contribution in [-0.2, 0) is 0 Å². The highest BCUT2D eigenvalue weighted by atomic mass is 32.2. The van der Waals surface area contributed by atoms with Crippen molar-refractivity contribution in [1.82, 2.24) is 5.32 Å². The molecule has 0 aliphatic heterocycles. The molecule has 0 heterocycles. The molecule has 5 nitrogen and oxygen atoms in total. The van der Waals surface area contributed by atoms with Crippen molar-refractivity contribution in [2.45, 2.75) is 13.3 Å². The number of thioether (sulfide) groups is 1. The van der Waals surface area contributed by atoms with E-state index < -0.39 is 22.3 Å². The van der Waals surface area contributed by atoms with E-state index in [4.69, 9.17) is 0 Å². The fourth-order valence-corrected chi connectivity index (χ4v) is 2.05. The highest BCUT2D eigenvalue weighted by molar-refractivity contribution is 7.99. The topological polar surface area (TPSA) is 72.2 Å². The zero-order valence-corrected chi connectivity index (χ0v) is 11.3. The summed E-state index contributed by atoms with van der Waals surface area (Å²) in [5, 5.41) is 13.2. The normalized spacial score (nSPS) is 10.2. The Morgan fingerprint density at radius 2 is 2.26 bits per heavy atom. The quantitative estimate of drug-likeness (QED) is 0.475. The first kappa shape index (κ1) is 15.4. The fourth-order valence-electron chi connectivity index (χ4n) is 1.42. The van der Waals surface area contributed by atoms with Crippen LogP contribution in [-0.4, -0.2) is 28.9 Å². The predicted molar refractivity (Wildman–Crippen MR) is 73.0 cm³/mol. The summed E-state index contributed by atoms with van der Waals surface area (Å²) < 4.78 is 13.1. The molecule has 0 saturated heterocycles. The highest BCUT2D eigenvalue weighted by Crippen LogP contribution is 2.18. The van der Waals surface area contributed by atoms with E-state index in [1.54, 1.807) is 11.8 Å². The average molecular weight is 286 g/mol. The molecule has 7 heteroatoms. The molecule has 0 bridgehead atoms. The first-order chi connectivity index (χ1) is 9.06. The maximum atomic E-state index is 13.1. The molecule has 0 aliphatic carbocycles. The maximum absolute atomic E-state index is 13.1. The van der Waals surface area contributed by atoms with Crippen molar-refractivity contribution in [2.24, 2.45) is 0 Å². The van der Waals surface area contributed by atoms with Crippen LogP contribution in [0.3, 0.4) is 0 Å². The first-order valence-corrected chi connectivity index (χ1v) is 7.01. The summed E-state index contributed by atoms with van der Waals surface area (Å²) in [6.07, 6.45) is 0.827. The van der Waals surface area contributed by atoms with Crippen molar-refractivity contribution in [3.8, 4) is 0 Å². The van der Waals surface area contributed by atoms with E-state index in [2.05, 4.69) is 12.2 Å². The van der Waals surface area contributed by atoms with Crippen LogP contribution in [0.5, 0.6) is 0 Å². The van der Waals surface area contributed by atoms with Crippen LogP contribution >= 0.6 is 11.8 Å². The van der Waals surface area contributed by atoms with Crippen molar-refractivity contribution < 1.29 is 14.1 Å². The second-order valence-corrected chi connectivity index (χ2v) is 5.12. The molecule has 0 aromatic heterocycles. The maximum Gasteiger partial charge on any atom is 0.305 e. The Morgan fingerprint density at radius 3 is 2.89 bits per heavy atom. The van der Waals surface area contributed by atoms with E-state index in [0.717, 1.165) is 30.1 Å². The van der Waals surface area contributed by atoms with Gasteiger partial charge in [0.2, 0.25) is 5.82 Å². The van der Waals surface area contributed by atoms with Gasteiger partial charge in [0.1, 0.15) is 0 Å². The van der Waals surface area contributed by atoms with E-state index in [1.165, 1.54) is 6.07 Å². The van der Waals surface area contributed by atoms with Crippen molar-refractivity contribution in [3.05, 3.63) is 39.7 Å². The predicted octanol–water partition coefficient (Wildman–Crippen LogP) is 2.61. The molecule has 0 atom stereocenters. The van der Waals surface area contributed by atoms with Crippen LogP contribution in [0.1, 0.15) is 23.7 Å². The van der Waals surface area contributed by atoms with Gasteiger partial charge in [-0.1, -0.05) is 6.92 Å². The van der Waals surface area contributed by atoms with Crippen molar-refractivity contribution in [3.63, 3.8) is 0 Å². The monoisotopic (exact) mass is 286 g/mol. The molecule has 0 unspecified atom stereocenters. The largest absolute Gasteiger partial charge is 0.352 e. The summed E-state index contributed by atoms with van der Waals surface area (Å²) in [4.78, 5) is 21.4. The van der Waals surface area contributed by atoms with Gasteiger partial charge < -0.3 is 5.32 Å². The molecule has 19 heavy (non-hydrogen) atoms. The van der Waals surface area contributed by atoms with E-state index in [9.17, 15) is 19.3 Å². The van der Waals surface area contributed by atoms with Crippen LogP contribution in [0.4, 0.5) is 10.1 Å². The lowest BCUT2D eigenvalue weighted by Crippen LogP contribution is -2.24. The summed E-state index contributed by atoms with van der Waals surface area (Å²) in [7, 11) is 0. The van der Waals surface area contributed by atoms with Gasteiger partial charge in [-0.15, -0.1) is 0 Å². The van der Waals surface area contributed by atoms with Crippen molar-refractivity contribution >= 4 is 23.4 Å². The number of hydrogen-bond donors (Lipinski definition) is 1. The Kier molecular flexibility index (Phi) is 6.27. The van der Waals surface area contributed by atoms with Gasteiger partial charge >= 0.3 is 5.69 Å². The number of halogens is 1. The lowest BCUT2D eigenvalue weighted by atomic mass is 10.2. The Balaban J connectivity index is 2.57. The number of rotatable bonds is 7. The first-order valence-electron chi connectivity index (χ1n) is 5.86. The smallest absolute Gasteiger partial charge is 0.305 e. The highest BCUT2D eigenvalue weighted by Gasteiger charge is 2.17. The van der Waals surface area contributed by atoms with Gasteiger partial charge in [-0.2, -0.15) is 16.2 Å². The molecule has 1 N–H and O–H groups in total. The molecule has 0 spiro atoms. The molecule has 0 radical (unpaired) electrons. The van der Waals surface area contributed by atoms with Crippen LogP contribution < -0.4 is 5.32 Å². The molecule has 104 valence electrons. The number of benzene rings is 1. The second-order valence-electron chi connectivity index (χ2n) is 3.73. The van der Waals surface area contributed by atoms with Crippen molar-refractivity contribution in [2.75, 3.05) is 18.1 Å². The van der Waals surface area contributed by atoms with Gasteiger partial charge in [-0.25, -0.2) is 0 Å². The number of nitro groups is 1. The lowest BCUT2D eigenvalue weighted by molar-refractivity contribution is -0.387. The van der Waals surface area contributed by atoms with Gasteiger partial charge in [0.15, 0.2) is 0 Å². The third-order valence-corrected chi connectivity index (χ3v) is 3.35. The summed E-state index contributed by atoms with van der Waals surface area (Å²) in [6.45, 7) is 2.55. The molecule has 1 rings (SSSR count). The van der Waals surface area contributed by atoms with Crippen LogP contribution in [0.25, 0.3) is 0 Å². The van der Waals surface area contributed by atoms with Gasteiger partial charge in [-0.3, -0.25) is 14.9 Å². The average Bonchev–Trinajstić information content (AvgIpc) is 2.38. The van der Waals surface area contributed by atoms with E-state index >= 15 is 0 Å². The SMILES string of the molecule is CCSCCCNC(=O)c1ccc(F)c([N+](=O)[O-])c1. The third kappa shape index (κ3) is 4.86. The molecule has 0 saturated carbocycles. The van der Waals surface area contributed by atoms with Crippen LogP contribution in [0.15, 0.2) is 18.2 Å². The molecule has 1 aromatic carbocycles. The minimum absolute atomic E-state index is 0.0937. The summed E-state index contributed by atoms with van der Waals surface area (Å²) >= 11 is 1.77. The second kappa shape index (κ2) is 7.73. The number of amides is 1. The zero-order valence-electron chi connectivity index (χ0n) is 10.5. The molecule has 0 aliphatic rings. The standard InChI is InChI=1S/C12H15FN2O3S/c1-2-19-7-3-6-14-12(16)9-4-5-10(13)11(8-9)15(17)18/h4-5,8H,2-3,6-7H2,1H3,(H,14,16). The Hall–Kier alpha value is -1.63. The molecule has 0 fully saturated rings. The minimum Gasteiger partial charge on any atom is -0.352 e. The van der Waals surface area contributed by atoms with Gasteiger partial charge in [0.05, 0.1) is 4.92 Å². The minimum atomic E-state index is -0.944. The number of carbonyl (C=O) groups is 1. The molecule has 1 amide bonds. The van der Waals surface area contributed by atoms with Gasteiger partial charge in [0, 0.05) is 18.2 Å². The van der Waals surface area contributed by atoms with E-state index in [-0.39, 0.29) is 5.56 Å². The molecular formula is C12H15FN2O3S. The number of carbonyl (C=O) groups excluding carboxylic acids is 1.